The zero-order chi connectivity index (χ0) is 15.8. The molecule has 0 aliphatic carbocycles. The number of aliphatic carboxylic acids is 1. The van der Waals surface area contributed by atoms with Crippen LogP contribution in [-0.2, 0) is 9.59 Å². The minimum Gasteiger partial charge on any atom is -0.481 e. The van der Waals surface area contributed by atoms with Crippen LogP contribution in [0.3, 0.4) is 0 Å². The van der Waals surface area contributed by atoms with Gasteiger partial charge in [0.25, 0.3) is 5.91 Å². The second-order valence-electron chi connectivity index (χ2n) is 5.17. The fourth-order valence-electron chi connectivity index (χ4n) is 1.98. The molecule has 116 valence electrons. The van der Waals surface area contributed by atoms with E-state index in [0.29, 0.717) is 12.2 Å². The predicted octanol–water partition coefficient (Wildman–Crippen LogP) is 2.52. The van der Waals surface area contributed by atoms with E-state index in [1.807, 2.05) is 26.0 Å². The molecule has 0 aliphatic rings. The molecule has 2 N–H and O–H groups in total. The van der Waals surface area contributed by atoms with Crippen LogP contribution in [0.5, 0.6) is 5.75 Å². The van der Waals surface area contributed by atoms with Gasteiger partial charge in [0.05, 0.1) is 6.42 Å². The van der Waals surface area contributed by atoms with Gasteiger partial charge < -0.3 is 15.2 Å². The van der Waals surface area contributed by atoms with Crippen molar-refractivity contribution in [1.29, 1.82) is 0 Å². The summed E-state index contributed by atoms with van der Waals surface area (Å²) in [5.74, 6) is -0.593. The summed E-state index contributed by atoms with van der Waals surface area (Å²) in [7, 11) is 0. The minimum absolute atomic E-state index is 0.0726. The molecular weight excluding hydrogens is 270 g/mol. The van der Waals surface area contributed by atoms with Crippen LogP contribution in [0.2, 0.25) is 0 Å². The Morgan fingerprint density at radius 1 is 1.29 bits per heavy atom. The van der Waals surface area contributed by atoms with Crippen LogP contribution in [0.25, 0.3) is 0 Å². The molecule has 1 rings (SSSR count). The van der Waals surface area contributed by atoms with Crippen molar-refractivity contribution in [1.82, 2.24) is 5.32 Å². The third-order valence-corrected chi connectivity index (χ3v) is 3.11. The highest BCUT2D eigenvalue weighted by atomic mass is 16.5. The van der Waals surface area contributed by atoms with Crippen LogP contribution in [0.15, 0.2) is 24.3 Å². The van der Waals surface area contributed by atoms with Gasteiger partial charge >= 0.3 is 5.97 Å². The summed E-state index contributed by atoms with van der Waals surface area (Å²) < 4.78 is 5.56. The van der Waals surface area contributed by atoms with Gasteiger partial charge in [0, 0.05) is 6.04 Å². The van der Waals surface area contributed by atoms with Gasteiger partial charge in [0.15, 0.2) is 6.10 Å². The number of carbonyl (C=O) groups excluding carboxylic acids is 1. The number of benzene rings is 1. The number of hydrogen-bond donors (Lipinski definition) is 2. The molecule has 0 saturated heterocycles. The lowest BCUT2D eigenvalue weighted by atomic mass is 10.1. The Morgan fingerprint density at radius 3 is 2.43 bits per heavy atom. The first-order valence-corrected chi connectivity index (χ1v) is 7.17. The van der Waals surface area contributed by atoms with E-state index in [9.17, 15) is 9.59 Å². The van der Waals surface area contributed by atoms with Crippen LogP contribution in [0.4, 0.5) is 0 Å². The van der Waals surface area contributed by atoms with E-state index >= 15 is 0 Å². The van der Waals surface area contributed by atoms with E-state index in [1.165, 1.54) is 0 Å². The van der Waals surface area contributed by atoms with Crippen LogP contribution in [-0.4, -0.2) is 29.1 Å². The Hall–Kier alpha value is -2.04. The van der Waals surface area contributed by atoms with Crippen LogP contribution in [0.1, 0.15) is 38.7 Å². The summed E-state index contributed by atoms with van der Waals surface area (Å²) in [6.45, 7) is 5.58. The smallest absolute Gasteiger partial charge is 0.305 e. The number of aryl methyl sites for hydroxylation is 1. The summed E-state index contributed by atoms with van der Waals surface area (Å²) in [5, 5.41) is 11.6. The molecule has 5 nitrogen and oxygen atoms in total. The number of hydrogen-bond acceptors (Lipinski definition) is 3. The van der Waals surface area contributed by atoms with E-state index in [2.05, 4.69) is 5.32 Å². The summed E-state index contributed by atoms with van der Waals surface area (Å²) in [4.78, 5) is 22.8. The Balaban J connectivity index is 2.55. The maximum Gasteiger partial charge on any atom is 0.305 e. The summed E-state index contributed by atoms with van der Waals surface area (Å²) in [6, 6.07) is 7.07. The topological polar surface area (TPSA) is 75.6 Å². The Labute approximate surface area is 125 Å². The zero-order valence-corrected chi connectivity index (χ0v) is 12.8. The van der Waals surface area contributed by atoms with Crippen molar-refractivity contribution < 1.29 is 19.4 Å². The van der Waals surface area contributed by atoms with Gasteiger partial charge in [-0.25, -0.2) is 0 Å². The molecule has 0 spiro atoms. The molecule has 5 heteroatoms. The molecule has 21 heavy (non-hydrogen) atoms. The van der Waals surface area contributed by atoms with Crippen molar-refractivity contribution in [3.8, 4) is 5.75 Å². The summed E-state index contributed by atoms with van der Waals surface area (Å²) in [5.41, 5.74) is 1.11. The van der Waals surface area contributed by atoms with Gasteiger partial charge in [0.2, 0.25) is 0 Å². The van der Waals surface area contributed by atoms with E-state index < -0.39 is 12.1 Å². The lowest BCUT2D eigenvalue weighted by molar-refractivity contribution is -0.138. The molecule has 0 saturated carbocycles. The molecule has 0 aliphatic heterocycles. The van der Waals surface area contributed by atoms with Gasteiger partial charge in [-0.2, -0.15) is 0 Å². The van der Waals surface area contributed by atoms with Crippen molar-refractivity contribution in [2.75, 3.05) is 0 Å². The molecule has 2 atom stereocenters. The average molecular weight is 293 g/mol. The first kappa shape index (κ1) is 17.0. The molecule has 0 bridgehead atoms. The molecule has 1 amide bonds. The number of ether oxygens (including phenoxy) is 1. The Morgan fingerprint density at radius 2 is 1.90 bits per heavy atom. The number of carbonyl (C=O) groups is 2. The van der Waals surface area contributed by atoms with Gasteiger partial charge in [0.1, 0.15) is 5.75 Å². The number of carboxylic acid groups (broad SMARTS) is 1. The second kappa shape index (κ2) is 8.29. The van der Waals surface area contributed by atoms with E-state index in [-0.39, 0.29) is 18.4 Å². The first-order valence-electron chi connectivity index (χ1n) is 7.17. The Kier molecular flexibility index (Phi) is 6.72. The Bertz CT molecular complexity index is 470. The van der Waals surface area contributed by atoms with Gasteiger partial charge in [-0.3, -0.25) is 9.59 Å². The third kappa shape index (κ3) is 6.29. The SMILES string of the molecule is CCCC(CC(=O)O)NC(=O)C(C)Oc1ccc(C)cc1. The molecular formula is C16H23NO4. The lowest BCUT2D eigenvalue weighted by Crippen LogP contribution is -2.43. The van der Waals surface area contributed by atoms with Crippen LogP contribution in [0, 0.1) is 6.92 Å². The van der Waals surface area contributed by atoms with Gasteiger partial charge in [-0.05, 0) is 32.4 Å². The maximum atomic E-state index is 12.1. The molecule has 0 radical (unpaired) electrons. The van der Waals surface area contributed by atoms with E-state index in [1.54, 1.807) is 19.1 Å². The third-order valence-electron chi connectivity index (χ3n) is 3.11. The van der Waals surface area contributed by atoms with Crippen molar-refractivity contribution in [3.05, 3.63) is 29.8 Å². The normalized spacial score (nSPS) is 13.3. The van der Waals surface area contributed by atoms with Crippen molar-refractivity contribution in [2.45, 2.75) is 52.2 Å². The maximum absolute atomic E-state index is 12.1. The fraction of sp³-hybridized carbons (Fsp3) is 0.500. The van der Waals surface area contributed by atoms with Crippen molar-refractivity contribution in [3.63, 3.8) is 0 Å². The molecule has 2 unspecified atom stereocenters. The fourth-order valence-corrected chi connectivity index (χ4v) is 1.98. The standard InChI is InChI=1S/C16H23NO4/c1-4-5-13(10-15(18)19)17-16(20)12(3)21-14-8-6-11(2)7-9-14/h6-9,12-13H,4-5,10H2,1-3H3,(H,17,20)(H,18,19). The quantitative estimate of drug-likeness (QED) is 0.772. The molecule has 0 heterocycles. The number of rotatable bonds is 8. The van der Waals surface area contributed by atoms with Gasteiger partial charge in [-0.1, -0.05) is 31.0 Å². The van der Waals surface area contributed by atoms with E-state index in [0.717, 1.165) is 12.0 Å². The summed E-state index contributed by atoms with van der Waals surface area (Å²) >= 11 is 0. The minimum atomic E-state index is -0.916. The highest BCUT2D eigenvalue weighted by molar-refractivity contribution is 5.81. The second-order valence-corrected chi connectivity index (χ2v) is 5.17. The van der Waals surface area contributed by atoms with Crippen LogP contribution >= 0.6 is 0 Å². The monoisotopic (exact) mass is 293 g/mol. The van der Waals surface area contributed by atoms with E-state index in [4.69, 9.17) is 9.84 Å². The van der Waals surface area contributed by atoms with Gasteiger partial charge in [-0.15, -0.1) is 0 Å². The molecule has 1 aromatic rings. The van der Waals surface area contributed by atoms with Crippen LogP contribution < -0.4 is 10.1 Å². The highest BCUT2D eigenvalue weighted by Gasteiger charge is 2.20. The first-order chi connectivity index (χ1) is 9.92. The molecule has 0 fully saturated rings. The summed E-state index contributed by atoms with van der Waals surface area (Å²) in [6.07, 6.45) is 0.707. The molecule has 0 aromatic heterocycles. The predicted molar refractivity (Wildman–Crippen MR) is 80.4 cm³/mol. The molecule has 1 aromatic carbocycles. The zero-order valence-electron chi connectivity index (χ0n) is 12.8. The largest absolute Gasteiger partial charge is 0.481 e. The highest BCUT2D eigenvalue weighted by Crippen LogP contribution is 2.13. The lowest BCUT2D eigenvalue weighted by Gasteiger charge is -2.20. The number of nitrogens with one attached hydrogen (secondary N) is 1. The number of carboxylic acids is 1. The number of amides is 1. The van der Waals surface area contributed by atoms with Crippen molar-refractivity contribution >= 4 is 11.9 Å². The van der Waals surface area contributed by atoms with Crippen molar-refractivity contribution in [2.24, 2.45) is 0 Å². The average Bonchev–Trinajstić information content (AvgIpc) is 2.40.